The van der Waals surface area contributed by atoms with Crippen molar-refractivity contribution in [2.75, 3.05) is 26.2 Å². The zero-order valence-electron chi connectivity index (χ0n) is 13.5. The van der Waals surface area contributed by atoms with Gasteiger partial charge in [-0.3, -0.25) is 4.79 Å². The van der Waals surface area contributed by atoms with E-state index in [9.17, 15) is 13.2 Å². The molecule has 0 radical (unpaired) electrons. The molecule has 0 bridgehead atoms. The number of carbonyl (C=O) groups is 1. The first-order chi connectivity index (χ1) is 12.3. The summed E-state index contributed by atoms with van der Waals surface area (Å²) in [6, 6.07) is 11.0. The number of carbonyl (C=O) groups excluding carboxylic acids is 1. The van der Waals surface area contributed by atoms with Crippen LogP contribution in [0.25, 0.3) is 0 Å². The van der Waals surface area contributed by atoms with E-state index in [1.165, 1.54) is 16.4 Å². The predicted octanol–water partition coefficient (Wildman–Crippen LogP) is 3.79. The Bertz CT molecular complexity index is 942. The van der Waals surface area contributed by atoms with E-state index in [1.54, 1.807) is 35.2 Å². The van der Waals surface area contributed by atoms with Gasteiger partial charge in [0.25, 0.3) is 5.91 Å². The number of rotatable bonds is 3. The number of hydrogen-bond donors (Lipinski definition) is 0. The predicted molar refractivity (Wildman–Crippen MR) is 103 cm³/mol. The Balaban J connectivity index is 1.73. The number of halogens is 3. The molecule has 0 unspecified atom stereocenters. The lowest BCUT2D eigenvalue weighted by molar-refractivity contribution is 0.0698. The molecule has 9 heteroatoms. The summed E-state index contributed by atoms with van der Waals surface area (Å²) in [6.45, 7) is 0.917. The zero-order valence-corrected chi connectivity index (χ0v) is 16.6. The number of piperazine rings is 1. The summed E-state index contributed by atoms with van der Waals surface area (Å²) < 4.78 is 26.8. The molecule has 26 heavy (non-hydrogen) atoms. The van der Waals surface area contributed by atoms with Gasteiger partial charge in [-0.1, -0.05) is 46.9 Å². The summed E-state index contributed by atoms with van der Waals surface area (Å²) in [5, 5.41) is 0.864. The number of sulfonamides is 1. The molecule has 138 valence electrons. The van der Waals surface area contributed by atoms with Gasteiger partial charge < -0.3 is 4.90 Å². The van der Waals surface area contributed by atoms with Crippen molar-refractivity contribution >= 4 is 50.7 Å². The van der Waals surface area contributed by atoms with E-state index in [0.29, 0.717) is 15.6 Å². The standard InChI is InChI=1S/C17H15Cl3N2O3S/c18-12-3-1-4-13(11-12)26(24,25)22-9-7-21(8-10-22)17(23)14-5-2-6-15(19)16(14)20/h1-6,11H,7-10H2. The Hall–Kier alpha value is -1.31. The van der Waals surface area contributed by atoms with Gasteiger partial charge in [-0.25, -0.2) is 8.42 Å². The zero-order chi connectivity index (χ0) is 18.9. The van der Waals surface area contributed by atoms with Crippen LogP contribution >= 0.6 is 34.8 Å². The average Bonchev–Trinajstić information content (AvgIpc) is 2.63. The van der Waals surface area contributed by atoms with Gasteiger partial charge >= 0.3 is 0 Å². The van der Waals surface area contributed by atoms with E-state index in [-0.39, 0.29) is 42.0 Å². The van der Waals surface area contributed by atoms with E-state index in [4.69, 9.17) is 34.8 Å². The maximum atomic E-state index is 12.7. The number of amides is 1. The number of benzene rings is 2. The summed E-state index contributed by atoms with van der Waals surface area (Å²) in [4.78, 5) is 14.4. The Morgan fingerprint density at radius 3 is 2.23 bits per heavy atom. The minimum Gasteiger partial charge on any atom is -0.336 e. The van der Waals surface area contributed by atoms with Gasteiger partial charge in [0.2, 0.25) is 10.0 Å². The van der Waals surface area contributed by atoms with Gasteiger partial charge in [-0.15, -0.1) is 0 Å². The van der Waals surface area contributed by atoms with Gasteiger partial charge in [0.15, 0.2) is 0 Å². The lowest BCUT2D eigenvalue weighted by Crippen LogP contribution is -2.50. The largest absolute Gasteiger partial charge is 0.336 e. The molecule has 0 atom stereocenters. The Morgan fingerprint density at radius 2 is 1.58 bits per heavy atom. The topological polar surface area (TPSA) is 57.7 Å². The fraction of sp³-hybridized carbons (Fsp3) is 0.235. The van der Waals surface area contributed by atoms with Crippen LogP contribution in [0.15, 0.2) is 47.4 Å². The lowest BCUT2D eigenvalue weighted by Gasteiger charge is -2.34. The van der Waals surface area contributed by atoms with Crippen LogP contribution < -0.4 is 0 Å². The molecule has 1 saturated heterocycles. The molecule has 0 aliphatic carbocycles. The van der Waals surface area contributed by atoms with E-state index in [2.05, 4.69) is 0 Å². The first-order valence-corrected chi connectivity index (χ1v) is 10.4. The maximum absolute atomic E-state index is 12.7. The van der Waals surface area contributed by atoms with E-state index >= 15 is 0 Å². The van der Waals surface area contributed by atoms with Crippen LogP contribution in [0.4, 0.5) is 0 Å². The van der Waals surface area contributed by atoms with Gasteiger partial charge in [-0.2, -0.15) is 4.31 Å². The van der Waals surface area contributed by atoms with E-state index in [1.807, 2.05) is 0 Å². The van der Waals surface area contributed by atoms with E-state index in [0.717, 1.165) is 0 Å². The second kappa shape index (κ2) is 7.74. The van der Waals surface area contributed by atoms with Gasteiger partial charge in [0, 0.05) is 31.2 Å². The quantitative estimate of drug-likeness (QED) is 0.740. The molecule has 1 amide bonds. The van der Waals surface area contributed by atoms with Crippen molar-refractivity contribution in [1.29, 1.82) is 0 Å². The third-order valence-corrected chi connectivity index (χ3v) is 7.09. The van der Waals surface area contributed by atoms with Crippen molar-refractivity contribution in [3.8, 4) is 0 Å². The molecule has 0 aromatic heterocycles. The molecule has 1 aliphatic rings. The van der Waals surface area contributed by atoms with Gasteiger partial charge in [0.1, 0.15) is 0 Å². The first-order valence-electron chi connectivity index (χ1n) is 7.80. The van der Waals surface area contributed by atoms with Crippen molar-refractivity contribution < 1.29 is 13.2 Å². The second-order valence-corrected chi connectivity index (χ2v) is 8.91. The van der Waals surface area contributed by atoms with Crippen LogP contribution in [0.3, 0.4) is 0 Å². The van der Waals surface area contributed by atoms with Crippen LogP contribution in [0.1, 0.15) is 10.4 Å². The van der Waals surface area contributed by atoms with Crippen molar-refractivity contribution in [3.63, 3.8) is 0 Å². The molecule has 1 aliphatic heterocycles. The summed E-state index contributed by atoms with van der Waals surface area (Å²) in [5.74, 6) is -0.266. The monoisotopic (exact) mass is 432 g/mol. The first kappa shape index (κ1) is 19.5. The summed E-state index contributed by atoms with van der Waals surface area (Å²) >= 11 is 18.0. The lowest BCUT2D eigenvalue weighted by atomic mass is 10.2. The van der Waals surface area contributed by atoms with Crippen LogP contribution in [0, 0.1) is 0 Å². The molecule has 0 spiro atoms. The maximum Gasteiger partial charge on any atom is 0.255 e. The third-order valence-electron chi connectivity index (χ3n) is 4.14. The Kier molecular flexibility index (Phi) is 5.79. The molecule has 2 aromatic rings. The van der Waals surface area contributed by atoms with Crippen molar-refractivity contribution in [2.24, 2.45) is 0 Å². The van der Waals surface area contributed by atoms with Crippen LogP contribution in [-0.2, 0) is 10.0 Å². The summed E-state index contributed by atoms with van der Waals surface area (Å²) in [7, 11) is -3.65. The third kappa shape index (κ3) is 3.85. The number of hydrogen-bond acceptors (Lipinski definition) is 3. The highest BCUT2D eigenvalue weighted by Crippen LogP contribution is 2.27. The molecular weight excluding hydrogens is 419 g/mol. The van der Waals surface area contributed by atoms with Crippen molar-refractivity contribution in [3.05, 3.63) is 63.1 Å². The highest BCUT2D eigenvalue weighted by Gasteiger charge is 2.31. The molecule has 3 rings (SSSR count). The highest BCUT2D eigenvalue weighted by molar-refractivity contribution is 7.89. The molecular formula is C17H15Cl3N2O3S. The molecule has 1 fully saturated rings. The van der Waals surface area contributed by atoms with Crippen LogP contribution in [0.5, 0.6) is 0 Å². The van der Waals surface area contributed by atoms with Gasteiger partial charge in [-0.05, 0) is 30.3 Å². The molecule has 1 heterocycles. The van der Waals surface area contributed by atoms with Crippen molar-refractivity contribution in [1.82, 2.24) is 9.21 Å². The SMILES string of the molecule is O=C(c1cccc(Cl)c1Cl)N1CCN(S(=O)(=O)c2cccc(Cl)c2)CC1. The summed E-state index contributed by atoms with van der Waals surface area (Å²) in [6.07, 6.45) is 0. The highest BCUT2D eigenvalue weighted by atomic mass is 35.5. The molecule has 0 N–H and O–H groups in total. The summed E-state index contributed by atoms with van der Waals surface area (Å²) in [5.41, 5.74) is 0.310. The fourth-order valence-electron chi connectivity index (χ4n) is 2.75. The van der Waals surface area contributed by atoms with Crippen LogP contribution in [-0.4, -0.2) is 49.7 Å². The van der Waals surface area contributed by atoms with E-state index < -0.39 is 10.0 Å². The van der Waals surface area contributed by atoms with Crippen molar-refractivity contribution in [2.45, 2.75) is 4.90 Å². The molecule has 0 saturated carbocycles. The minimum absolute atomic E-state index is 0.141. The smallest absolute Gasteiger partial charge is 0.255 e. The molecule has 5 nitrogen and oxygen atoms in total. The average molecular weight is 434 g/mol. The van der Waals surface area contributed by atoms with Crippen LogP contribution in [0.2, 0.25) is 15.1 Å². The molecule has 2 aromatic carbocycles. The normalized spacial score (nSPS) is 15.9. The van der Waals surface area contributed by atoms with Gasteiger partial charge in [0.05, 0.1) is 20.5 Å². The minimum atomic E-state index is -3.65. The Morgan fingerprint density at radius 1 is 0.923 bits per heavy atom. The second-order valence-electron chi connectivity index (χ2n) is 5.76. The number of nitrogens with zero attached hydrogens (tertiary/aromatic N) is 2. The fourth-order valence-corrected chi connectivity index (χ4v) is 4.85. The Labute approximate surface area is 167 Å².